The first-order chi connectivity index (χ1) is 14.2. The van der Waals surface area contributed by atoms with Crippen LogP contribution in [-0.4, -0.2) is 68.5 Å². The summed E-state index contributed by atoms with van der Waals surface area (Å²) in [5, 5.41) is 12.3. The molecule has 5 rings (SSSR count). The fourth-order valence-corrected chi connectivity index (χ4v) is 6.61. The number of fused-ring (bicyclic) bond motifs is 1. The lowest BCUT2D eigenvalue weighted by Crippen LogP contribution is -2.75. The molecule has 0 radical (unpaired) electrons. The highest BCUT2D eigenvalue weighted by molar-refractivity contribution is 5.59. The van der Waals surface area contributed by atoms with E-state index >= 15 is 0 Å². The van der Waals surface area contributed by atoms with Crippen LogP contribution in [-0.2, 0) is 21.3 Å². The Hall–Kier alpha value is -1.34. The van der Waals surface area contributed by atoms with Crippen LogP contribution in [0, 0.1) is 5.41 Å². The minimum Gasteiger partial charge on any atom is -0.493 e. The van der Waals surface area contributed by atoms with Gasteiger partial charge >= 0.3 is 0 Å². The van der Waals surface area contributed by atoms with Crippen molar-refractivity contribution in [2.75, 3.05) is 41.0 Å². The lowest BCUT2D eigenvalue weighted by atomic mass is 9.48. The van der Waals surface area contributed by atoms with E-state index in [1.165, 1.54) is 5.56 Å². The standard InChI is InChI=1S/C24H35NO5/c1-21(2)14-29-23(30-15-21)8-9-24(26)18-12-16-6-7-17(27-4)20(28-5)19(16)22(24,13-23)10-11-25(18)3/h6-7,18,26H,8-15H2,1-5H3/t18-,22-,24?/m1/s1. The molecular weight excluding hydrogens is 382 g/mol. The van der Waals surface area contributed by atoms with Gasteiger partial charge in [0.15, 0.2) is 17.3 Å². The highest BCUT2D eigenvalue weighted by atomic mass is 16.7. The highest BCUT2D eigenvalue weighted by Crippen LogP contribution is 2.63. The maximum absolute atomic E-state index is 12.3. The van der Waals surface area contributed by atoms with Crippen molar-refractivity contribution in [1.82, 2.24) is 4.90 Å². The number of nitrogens with zero attached hydrogens (tertiary/aromatic N) is 1. The van der Waals surface area contributed by atoms with Crippen molar-refractivity contribution in [3.8, 4) is 11.5 Å². The third-order valence-corrected chi connectivity index (χ3v) is 8.24. The molecule has 1 aromatic rings. The molecule has 30 heavy (non-hydrogen) atoms. The highest BCUT2D eigenvalue weighted by Gasteiger charge is 2.68. The van der Waals surface area contributed by atoms with Gasteiger partial charge in [-0.05, 0) is 44.5 Å². The molecule has 3 fully saturated rings. The van der Waals surface area contributed by atoms with E-state index in [-0.39, 0.29) is 11.5 Å². The number of rotatable bonds is 2. The molecule has 3 atom stereocenters. The van der Waals surface area contributed by atoms with Crippen LogP contribution < -0.4 is 9.47 Å². The van der Waals surface area contributed by atoms with Crippen LogP contribution in [0.25, 0.3) is 0 Å². The predicted octanol–water partition coefficient (Wildman–Crippen LogP) is 2.89. The molecule has 2 aliphatic carbocycles. The Kier molecular flexibility index (Phi) is 4.51. The number of likely N-dealkylation sites (tertiary alicyclic amines) is 1. The summed E-state index contributed by atoms with van der Waals surface area (Å²) in [5.74, 6) is 0.825. The molecule has 0 aromatic heterocycles. The van der Waals surface area contributed by atoms with Crippen LogP contribution >= 0.6 is 0 Å². The molecule has 0 amide bonds. The largest absolute Gasteiger partial charge is 0.493 e. The van der Waals surface area contributed by atoms with E-state index in [0.29, 0.717) is 32.5 Å². The van der Waals surface area contributed by atoms with Crippen molar-refractivity contribution in [1.29, 1.82) is 0 Å². The second kappa shape index (κ2) is 6.58. The molecule has 1 unspecified atom stereocenters. The molecule has 2 aliphatic heterocycles. The molecule has 2 heterocycles. The molecule has 1 N–H and O–H groups in total. The molecule has 1 aromatic carbocycles. The molecular formula is C24H35NO5. The SMILES string of the molecule is COc1ccc2c(c1OC)[C@]13CCN(C)[C@H](C2)C1(O)CCC1(C3)OCC(C)(C)CO1. The fourth-order valence-electron chi connectivity index (χ4n) is 6.61. The van der Waals surface area contributed by atoms with Gasteiger partial charge in [0.1, 0.15) is 0 Å². The number of hydrogen-bond acceptors (Lipinski definition) is 6. The van der Waals surface area contributed by atoms with Crippen molar-refractivity contribution in [2.45, 2.75) is 68.8 Å². The Labute approximate surface area is 179 Å². The van der Waals surface area contributed by atoms with Gasteiger partial charge in [0.05, 0.1) is 33.0 Å². The van der Waals surface area contributed by atoms with Gasteiger partial charge in [0.2, 0.25) is 0 Å². The van der Waals surface area contributed by atoms with E-state index in [1.54, 1.807) is 14.2 Å². The molecule has 1 spiro atoms. The average Bonchev–Trinajstić information content (AvgIpc) is 2.73. The van der Waals surface area contributed by atoms with Crippen LogP contribution in [0.1, 0.15) is 50.7 Å². The number of ether oxygens (including phenoxy) is 4. The van der Waals surface area contributed by atoms with Gasteiger partial charge in [-0.1, -0.05) is 19.9 Å². The quantitative estimate of drug-likeness (QED) is 0.799. The topological polar surface area (TPSA) is 60.4 Å². The van der Waals surface area contributed by atoms with Crippen LogP contribution in [0.5, 0.6) is 11.5 Å². The number of piperidine rings is 1. The minimum atomic E-state index is -0.850. The summed E-state index contributed by atoms with van der Waals surface area (Å²) in [6.07, 6.45) is 3.67. The van der Waals surface area contributed by atoms with Crippen LogP contribution in [0.15, 0.2) is 12.1 Å². The number of hydrogen-bond donors (Lipinski definition) is 1. The Bertz CT molecular complexity index is 844. The second-order valence-corrected chi connectivity index (χ2v) is 10.6. The Morgan fingerprint density at radius 3 is 2.47 bits per heavy atom. The molecule has 6 nitrogen and oxygen atoms in total. The number of benzene rings is 1. The van der Waals surface area contributed by atoms with E-state index in [2.05, 4.69) is 31.9 Å². The summed E-state index contributed by atoms with van der Waals surface area (Å²) in [4.78, 5) is 2.33. The number of methoxy groups -OCH3 is 2. The van der Waals surface area contributed by atoms with E-state index in [0.717, 1.165) is 36.4 Å². The normalized spacial score (nSPS) is 36.7. The first-order valence-corrected chi connectivity index (χ1v) is 11.1. The second-order valence-electron chi connectivity index (χ2n) is 10.6. The zero-order valence-electron chi connectivity index (χ0n) is 18.9. The van der Waals surface area contributed by atoms with Gasteiger partial charge in [-0.2, -0.15) is 0 Å². The Morgan fingerprint density at radius 2 is 1.80 bits per heavy atom. The van der Waals surface area contributed by atoms with Gasteiger partial charge < -0.3 is 29.0 Å². The summed E-state index contributed by atoms with van der Waals surface area (Å²) in [6, 6.07) is 4.22. The van der Waals surface area contributed by atoms with Gasteiger partial charge in [0, 0.05) is 35.3 Å². The van der Waals surface area contributed by atoms with Crippen LogP contribution in [0.2, 0.25) is 0 Å². The fraction of sp³-hybridized carbons (Fsp3) is 0.750. The van der Waals surface area contributed by atoms with Crippen LogP contribution in [0.4, 0.5) is 0 Å². The summed E-state index contributed by atoms with van der Waals surface area (Å²) < 4.78 is 24.5. The van der Waals surface area contributed by atoms with Crippen molar-refractivity contribution in [3.05, 3.63) is 23.3 Å². The smallest absolute Gasteiger partial charge is 0.169 e. The van der Waals surface area contributed by atoms with Crippen molar-refractivity contribution in [3.63, 3.8) is 0 Å². The summed E-state index contributed by atoms with van der Waals surface area (Å²) >= 11 is 0. The monoisotopic (exact) mass is 417 g/mol. The molecule has 4 aliphatic rings. The van der Waals surface area contributed by atoms with Crippen molar-refractivity contribution >= 4 is 0 Å². The molecule has 2 saturated heterocycles. The van der Waals surface area contributed by atoms with Crippen molar-refractivity contribution < 1.29 is 24.1 Å². The Morgan fingerprint density at radius 1 is 1.07 bits per heavy atom. The van der Waals surface area contributed by atoms with E-state index < -0.39 is 16.8 Å². The number of aliphatic hydroxyl groups is 1. The first-order valence-electron chi connectivity index (χ1n) is 11.1. The van der Waals surface area contributed by atoms with Gasteiger partial charge in [-0.15, -0.1) is 0 Å². The van der Waals surface area contributed by atoms with Gasteiger partial charge in [-0.3, -0.25) is 0 Å². The van der Waals surface area contributed by atoms with E-state index in [1.807, 2.05) is 6.07 Å². The number of likely N-dealkylation sites (N-methyl/N-ethyl adjacent to an activating group) is 1. The maximum atomic E-state index is 12.3. The van der Waals surface area contributed by atoms with E-state index in [4.69, 9.17) is 18.9 Å². The summed E-state index contributed by atoms with van der Waals surface area (Å²) in [5.41, 5.74) is 1.01. The lowest BCUT2D eigenvalue weighted by Gasteiger charge is -2.66. The summed E-state index contributed by atoms with van der Waals surface area (Å²) in [7, 11) is 5.51. The third kappa shape index (κ3) is 2.63. The molecule has 1 saturated carbocycles. The third-order valence-electron chi connectivity index (χ3n) is 8.24. The predicted molar refractivity (Wildman–Crippen MR) is 113 cm³/mol. The van der Waals surface area contributed by atoms with Gasteiger partial charge in [0.25, 0.3) is 0 Å². The first kappa shape index (κ1) is 20.6. The van der Waals surface area contributed by atoms with Crippen LogP contribution in [0.3, 0.4) is 0 Å². The van der Waals surface area contributed by atoms with E-state index in [9.17, 15) is 5.11 Å². The van der Waals surface area contributed by atoms with Crippen molar-refractivity contribution in [2.24, 2.45) is 5.41 Å². The molecule has 2 bridgehead atoms. The molecule has 6 heteroatoms. The minimum absolute atomic E-state index is 0.0113. The zero-order valence-corrected chi connectivity index (χ0v) is 18.9. The zero-order chi connectivity index (χ0) is 21.4. The lowest BCUT2D eigenvalue weighted by molar-refractivity contribution is -0.340. The maximum Gasteiger partial charge on any atom is 0.169 e. The average molecular weight is 418 g/mol. The Balaban J connectivity index is 1.68. The molecule has 166 valence electrons. The van der Waals surface area contributed by atoms with Gasteiger partial charge in [-0.25, -0.2) is 0 Å². The summed E-state index contributed by atoms with van der Waals surface area (Å²) in [6.45, 7) is 6.62.